The van der Waals surface area contributed by atoms with Gasteiger partial charge in [0.25, 0.3) is 0 Å². The number of aldehydes is 1. The van der Waals surface area contributed by atoms with Gasteiger partial charge < -0.3 is 14.3 Å². The summed E-state index contributed by atoms with van der Waals surface area (Å²) in [6.45, 7) is 14.4. The molecule has 3 rings (SSSR count). The van der Waals surface area contributed by atoms with E-state index in [0.717, 1.165) is 10.0 Å². The molecule has 0 radical (unpaired) electrons. The van der Waals surface area contributed by atoms with Gasteiger partial charge in [-0.25, -0.2) is 19.0 Å². The molecule has 2 aromatic carbocycles. The second kappa shape index (κ2) is 10.4. The number of hydrazine groups is 1. The van der Waals surface area contributed by atoms with Crippen LogP contribution < -0.4 is 0 Å². The lowest BCUT2D eigenvalue weighted by Gasteiger charge is -2.52. The van der Waals surface area contributed by atoms with Crippen LogP contribution in [-0.4, -0.2) is 45.7 Å². The van der Waals surface area contributed by atoms with Crippen LogP contribution in [-0.2, 0) is 19.8 Å². The van der Waals surface area contributed by atoms with Crippen LogP contribution in [0.2, 0.25) is 0 Å². The molecular weight excluding hydrogens is 475 g/mol. The number of ether oxygens (including phenoxy) is 2. The number of benzene rings is 2. The molecule has 2 atom stereocenters. The summed E-state index contributed by atoms with van der Waals surface area (Å²) in [4.78, 5) is 40.5. The molecule has 0 aromatic heterocycles. The highest BCUT2D eigenvalue weighted by Gasteiger charge is 2.55. The molecule has 0 N–H and O–H groups in total. The summed E-state index contributed by atoms with van der Waals surface area (Å²) in [6, 6.07) is 13.7. The Kier molecular flexibility index (Phi) is 7.81. The Bertz CT molecular complexity index is 1150. The smallest absolute Gasteiger partial charge is 0.430 e. The number of hydrogen-bond donors (Lipinski definition) is 0. The van der Waals surface area contributed by atoms with E-state index in [1.165, 1.54) is 12.1 Å². The van der Waals surface area contributed by atoms with Crippen LogP contribution in [0.4, 0.5) is 14.0 Å². The Morgan fingerprint density at radius 2 is 1.49 bits per heavy atom. The zero-order valence-corrected chi connectivity index (χ0v) is 22.3. The van der Waals surface area contributed by atoms with Gasteiger partial charge in [0.15, 0.2) is 6.29 Å². The van der Waals surface area contributed by atoms with E-state index < -0.39 is 40.8 Å². The average Bonchev–Trinajstić information content (AvgIpc) is 2.81. The number of rotatable bonds is 4. The maximum absolute atomic E-state index is 13.8. The fourth-order valence-electron chi connectivity index (χ4n) is 4.34. The maximum atomic E-state index is 13.8. The van der Waals surface area contributed by atoms with Crippen molar-refractivity contribution in [2.24, 2.45) is 0 Å². The largest absolute Gasteiger partial charge is 0.442 e. The summed E-state index contributed by atoms with van der Waals surface area (Å²) >= 11 is 0. The summed E-state index contributed by atoms with van der Waals surface area (Å²) < 4.78 is 25.1. The van der Waals surface area contributed by atoms with E-state index in [2.05, 4.69) is 6.58 Å². The van der Waals surface area contributed by atoms with Gasteiger partial charge in [0, 0.05) is 0 Å². The number of halogens is 1. The van der Waals surface area contributed by atoms with Gasteiger partial charge in [0.1, 0.15) is 22.6 Å². The molecule has 1 aliphatic heterocycles. The minimum atomic E-state index is -1.54. The molecule has 1 aliphatic rings. The first-order valence-corrected chi connectivity index (χ1v) is 12.2. The zero-order chi connectivity index (χ0) is 27.6. The topological polar surface area (TPSA) is 76.2 Å². The monoisotopic (exact) mass is 510 g/mol. The van der Waals surface area contributed by atoms with Crippen molar-refractivity contribution in [1.82, 2.24) is 10.0 Å². The summed E-state index contributed by atoms with van der Waals surface area (Å²) in [5, 5.41) is 2.20. The molecule has 1 heterocycles. The lowest BCUT2D eigenvalue weighted by Crippen LogP contribution is -2.68. The van der Waals surface area contributed by atoms with Gasteiger partial charge in [-0.2, -0.15) is 5.01 Å². The van der Waals surface area contributed by atoms with Gasteiger partial charge in [-0.3, -0.25) is 0 Å². The average molecular weight is 511 g/mol. The molecule has 1 fully saturated rings. The highest BCUT2D eigenvalue weighted by molar-refractivity contribution is 5.84. The number of carbonyl (C=O) groups excluding carboxylic acids is 3. The molecule has 0 unspecified atom stereocenters. The van der Waals surface area contributed by atoms with E-state index in [9.17, 15) is 18.8 Å². The van der Waals surface area contributed by atoms with Crippen LogP contribution in [0.25, 0.3) is 5.57 Å². The van der Waals surface area contributed by atoms with Gasteiger partial charge in [0.2, 0.25) is 0 Å². The summed E-state index contributed by atoms with van der Waals surface area (Å²) in [5.74, 6) is -0.413. The van der Waals surface area contributed by atoms with Crippen LogP contribution in [0.15, 0.2) is 61.2 Å². The predicted octanol–water partition coefficient (Wildman–Crippen LogP) is 6.48. The third kappa shape index (κ3) is 6.18. The van der Waals surface area contributed by atoms with Crippen molar-refractivity contribution in [3.8, 4) is 0 Å². The summed E-state index contributed by atoms with van der Waals surface area (Å²) in [7, 11) is 0. The summed E-state index contributed by atoms with van der Waals surface area (Å²) in [5.41, 5.74) is -1.78. The maximum Gasteiger partial charge on any atom is 0.430 e. The van der Waals surface area contributed by atoms with Crippen molar-refractivity contribution >= 4 is 24.0 Å². The molecule has 8 heteroatoms. The molecule has 198 valence electrons. The fraction of sp³-hybridized carbons (Fsp3) is 0.414. The highest BCUT2D eigenvalue weighted by Crippen LogP contribution is 2.43. The van der Waals surface area contributed by atoms with Gasteiger partial charge >= 0.3 is 12.2 Å². The molecule has 0 aliphatic carbocycles. The Hall–Kier alpha value is -3.68. The van der Waals surface area contributed by atoms with Gasteiger partial charge in [-0.15, -0.1) is 0 Å². The van der Waals surface area contributed by atoms with Crippen molar-refractivity contribution in [3.63, 3.8) is 0 Å². The third-order valence-electron chi connectivity index (χ3n) is 5.92. The normalized spacial score (nSPS) is 20.2. The highest BCUT2D eigenvalue weighted by atomic mass is 19.1. The lowest BCUT2D eigenvalue weighted by atomic mass is 9.80. The molecule has 0 spiro atoms. The fourth-order valence-corrected chi connectivity index (χ4v) is 4.34. The predicted molar refractivity (Wildman–Crippen MR) is 139 cm³/mol. The summed E-state index contributed by atoms with van der Waals surface area (Å²) in [6.07, 6.45) is -0.591. The van der Waals surface area contributed by atoms with Crippen molar-refractivity contribution in [2.75, 3.05) is 0 Å². The second-order valence-corrected chi connectivity index (χ2v) is 11.1. The molecular formula is C29H35FN2O5. The van der Waals surface area contributed by atoms with Gasteiger partial charge in [-0.1, -0.05) is 49.0 Å². The van der Waals surface area contributed by atoms with E-state index in [0.29, 0.717) is 23.0 Å². The number of carbonyl (C=O) groups is 3. The first kappa shape index (κ1) is 27.9. The van der Waals surface area contributed by atoms with Crippen LogP contribution in [0.5, 0.6) is 0 Å². The van der Waals surface area contributed by atoms with Crippen LogP contribution >= 0.6 is 0 Å². The molecule has 2 aromatic rings. The molecule has 7 nitrogen and oxygen atoms in total. The van der Waals surface area contributed by atoms with Crippen LogP contribution in [0.1, 0.15) is 65.5 Å². The van der Waals surface area contributed by atoms with Crippen molar-refractivity contribution < 1.29 is 28.2 Å². The van der Waals surface area contributed by atoms with Crippen LogP contribution in [0, 0.1) is 5.82 Å². The quantitative estimate of drug-likeness (QED) is 0.440. The Balaban J connectivity index is 2.22. The van der Waals surface area contributed by atoms with E-state index in [4.69, 9.17) is 9.47 Å². The molecule has 0 saturated carbocycles. The minimum absolute atomic E-state index is 0.184. The lowest BCUT2D eigenvalue weighted by molar-refractivity contribution is -0.154. The zero-order valence-electron chi connectivity index (χ0n) is 22.3. The third-order valence-corrected chi connectivity index (χ3v) is 5.92. The Morgan fingerprint density at radius 1 is 0.946 bits per heavy atom. The standard InChI is InChI=1S/C29H35FN2O5/c1-20(21-13-15-23(30)16-14-21)24-17-18-29(19-33,22-11-9-8-10-12-22)32(26(35)37-28(5,6)7)31(24)25(34)36-27(2,3)4/h8-16,19,24H,1,17-18H2,2-7H3/t24-,29+/m0/s1. The number of nitrogens with zero attached hydrogens (tertiary/aromatic N) is 2. The van der Waals surface area contributed by atoms with Gasteiger partial charge in [-0.05, 0) is 83.2 Å². The first-order valence-electron chi connectivity index (χ1n) is 12.2. The van der Waals surface area contributed by atoms with E-state index in [1.807, 2.05) is 0 Å². The Morgan fingerprint density at radius 3 is 2.00 bits per heavy atom. The molecule has 37 heavy (non-hydrogen) atoms. The molecule has 0 bridgehead atoms. The van der Waals surface area contributed by atoms with Crippen LogP contribution in [0.3, 0.4) is 0 Å². The molecule has 2 amide bonds. The first-order chi connectivity index (χ1) is 17.2. The SMILES string of the molecule is C=C(c1ccc(F)cc1)[C@@H]1CC[C@@](C=O)(c2ccccc2)N(C(=O)OC(C)(C)C)N1C(=O)OC(C)(C)C. The van der Waals surface area contributed by atoms with Crippen molar-refractivity contribution in [2.45, 2.75) is 77.2 Å². The second-order valence-electron chi connectivity index (χ2n) is 11.1. The van der Waals surface area contributed by atoms with E-state index in [1.54, 1.807) is 84.0 Å². The molecule has 1 saturated heterocycles. The minimum Gasteiger partial charge on any atom is -0.442 e. The number of amides is 2. The van der Waals surface area contributed by atoms with E-state index in [-0.39, 0.29) is 12.8 Å². The van der Waals surface area contributed by atoms with Crippen molar-refractivity contribution in [1.29, 1.82) is 0 Å². The van der Waals surface area contributed by atoms with Gasteiger partial charge in [0.05, 0.1) is 6.04 Å². The Labute approximate surface area is 217 Å². The number of hydrogen-bond acceptors (Lipinski definition) is 5. The van der Waals surface area contributed by atoms with E-state index >= 15 is 0 Å². The van der Waals surface area contributed by atoms with Crippen molar-refractivity contribution in [3.05, 3.63) is 78.1 Å².